The second-order valence-corrected chi connectivity index (χ2v) is 6.38. The molecule has 2 aliphatic heterocycles. The topological polar surface area (TPSA) is 38.5 Å². The molecule has 3 nitrogen and oxygen atoms in total. The minimum absolute atomic E-state index is 0.0972. The van der Waals surface area contributed by atoms with Gasteiger partial charge in [0.05, 0.1) is 0 Å². The van der Waals surface area contributed by atoms with Gasteiger partial charge in [0, 0.05) is 13.1 Å². The Balaban J connectivity index is 1.65. The van der Waals surface area contributed by atoms with Crippen LogP contribution in [0.2, 0.25) is 0 Å². The maximum Gasteiger partial charge on any atom is 0.123 e. The van der Waals surface area contributed by atoms with Crippen LogP contribution in [0.5, 0.6) is 5.75 Å². The number of ether oxygens (including phenoxy) is 1. The van der Waals surface area contributed by atoms with Gasteiger partial charge in [-0.3, -0.25) is 0 Å². The van der Waals surface area contributed by atoms with E-state index in [9.17, 15) is 0 Å². The van der Waals surface area contributed by atoms with Gasteiger partial charge in [-0.25, -0.2) is 0 Å². The number of aryl methyl sites for hydroxylation is 2. The van der Waals surface area contributed by atoms with Crippen molar-refractivity contribution in [3.8, 4) is 5.75 Å². The number of hydrogen-bond donors (Lipinski definition) is 1. The highest BCUT2D eigenvalue weighted by Crippen LogP contribution is 2.39. The van der Waals surface area contributed by atoms with Crippen molar-refractivity contribution in [3.05, 3.63) is 29.3 Å². The quantitative estimate of drug-likeness (QED) is 0.920. The van der Waals surface area contributed by atoms with Crippen LogP contribution in [-0.2, 0) is 6.42 Å². The number of likely N-dealkylation sites (tertiary alicyclic amines) is 1. The van der Waals surface area contributed by atoms with E-state index in [1.54, 1.807) is 0 Å². The molecule has 1 aromatic carbocycles. The Morgan fingerprint density at radius 3 is 2.80 bits per heavy atom. The Labute approximate surface area is 122 Å². The van der Waals surface area contributed by atoms with Crippen LogP contribution < -0.4 is 10.5 Å². The number of rotatable bonds is 3. The number of nitrogens with zero attached hydrogens (tertiary/aromatic N) is 1. The molecule has 0 aromatic heterocycles. The minimum Gasteiger partial charge on any atom is -0.487 e. The molecule has 0 saturated carbocycles. The van der Waals surface area contributed by atoms with E-state index in [-0.39, 0.29) is 5.60 Å². The molecular weight excluding hydrogens is 248 g/mol. The van der Waals surface area contributed by atoms with Gasteiger partial charge in [0.1, 0.15) is 11.4 Å². The van der Waals surface area contributed by atoms with Gasteiger partial charge in [-0.2, -0.15) is 0 Å². The van der Waals surface area contributed by atoms with Crippen LogP contribution in [0.25, 0.3) is 0 Å². The van der Waals surface area contributed by atoms with Crippen molar-refractivity contribution < 1.29 is 4.74 Å². The molecule has 2 aliphatic rings. The van der Waals surface area contributed by atoms with Crippen molar-refractivity contribution in [2.75, 3.05) is 26.2 Å². The van der Waals surface area contributed by atoms with Gasteiger partial charge in [0.25, 0.3) is 0 Å². The molecule has 20 heavy (non-hydrogen) atoms. The van der Waals surface area contributed by atoms with Crippen LogP contribution in [-0.4, -0.2) is 36.7 Å². The van der Waals surface area contributed by atoms with Crippen molar-refractivity contribution in [2.24, 2.45) is 5.73 Å². The first-order valence-electron chi connectivity index (χ1n) is 7.92. The molecule has 2 heterocycles. The summed E-state index contributed by atoms with van der Waals surface area (Å²) in [5.41, 5.74) is 8.37. The van der Waals surface area contributed by atoms with E-state index in [1.807, 2.05) is 0 Å². The molecule has 1 spiro atoms. The molecule has 1 saturated heterocycles. The second kappa shape index (κ2) is 5.74. The first-order valence-corrected chi connectivity index (χ1v) is 7.92. The monoisotopic (exact) mass is 274 g/mol. The number of hydrogen-bond acceptors (Lipinski definition) is 3. The van der Waals surface area contributed by atoms with Gasteiger partial charge in [0.15, 0.2) is 0 Å². The van der Waals surface area contributed by atoms with Crippen molar-refractivity contribution >= 4 is 0 Å². The van der Waals surface area contributed by atoms with E-state index >= 15 is 0 Å². The molecule has 0 amide bonds. The van der Waals surface area contributed by atoms with E-state index in [0.717, 1.165) is 51.2 Å². The Morgan fingerprint density at radius 2 is 2.05 bits per heavy atom. The van der Waals surface area contributed by atoms with Crippen LogP contribution in [0.4, 0.5) is 0 Å². The van der Waals surface area contributed by atoms with Crippen LogP contribution in [0.15, 0.2) is 18.2 Å². The van der Waals surface area contributed by atoms with Crippen LogP contribution in [0.3, 0.4) is 0 Å². The average Bonchev–Trinajstić information content (AvgIpc) is 2.46. The highest BCUT2D eigenvalue weighted by atomic mass is 16.5. The number of piperidine rings is 1. The van der Waals surface area contributed by atoms with Gasteiger partial charge >= 0.3 is 0 Å². The molecule has 3 heteroatoms. The van der Waals surface area contributed by atoms with E-state index in [1.165, 1.54) is 24.0 Å². The molecule has 2 N–H and O–H groups in total. The molecule has 0 radical (unpaired) electrons. The summed E-state index contributed by atoms with van der Waals surface area (Å²) in [6, 6.07) is 6.63. The van der Waals surface area contributed by atoms with Crippen molar-refractivity contribution in [3.63, 3.8) is 0 Å². The third-order valence-corrected chi connectivity index (χ3v) is 4.84. The summed E-state index contributed by atoms with van der Waals surface area (Å²) in [6.07, 6.45) is 5.76. The van der Waals surface area contributed by atoms with Crippen LogP contribution in [0, 0.1) is 6.92 Å². The molecule has 0 bridgehead atoms. The van der Waals surface area contributed by atoms with Crippen LogP contribution in [0.1, 0.15) is 36.8 Å². The van der Waals surface area contributed by atoms with Crippen LogP contribution >= 0.6 is 0 Å². The zero-order valence-corrected chi connectivity index (χ0v) is 12.5. The standard InChI is InChI=1S/C17H26N2O/c1-14-3-4-15-5-6-17(20-16(15)13-14)7-11-19(12-8-17)10-2-9-18/h3-4,13H,2,5-12,18H2,1H3. The van der Waals surface area contributed by atoms with Gasteiger partial charge in [0.2, 0.25) is 0 Å². The molecule has 1 aromatic rings. The van der Waals surface area contributed by atoms with E-state index < -0.39 is 0 Å². The lowest BCUT2D eigenvalue weighted by molar-refractivity contribution is -0.0145. The SMILES string of the molecule is Cc1ccc2c(c1)OC1(CC2)CCN(CCCN)CC1. The number of benzene rings is 1. The Bertz CT molecular complexity index is 464. The van der Waals surface area contributed by atoms with Gasteiger partial charge in [-0.1, -0.05) is 12.1 Å². The lowest BCUT2D eigenvalue weighted by atomic mass is 9.83. The average molecular weight is 274 g/mol. The molecular formula is C17H26N2O. The van der Waals surface area contributed by atoms with Gasteiger partial charge in [-0.15, -0.1) is 0 Å². The second-order valence-electron chi connectivity index (χ2n) is 6.38. The van der Waals surface area contributed by atoms with Gasteiger partial charge in [-0.05, 0) is 69.3 Å². The molecule has 110 valence electrons. The first-order chi connectivity index (χ1) is 9.71. The maximum atomic E-state index is 6.44. The highest BCUT2D eigenvalue weighted by molar-refractivity contribution is 5.39. The van der Waals surface area contributed by atoms with Gasteiger partial charge < -0.3 is 15.4 Å². The summed E-state index contributed by atoms with van der Waals surface area (Å²) in [5.74, 6) is 1.13. The maximum absolute atomic E-state index is 6.44. The fourth-order valence-electron chi connectivity index (χ4n) is 3.46. The third kappa shape index (κ3) is 2.84. The normalized spacial score (nSPS) is 21.5. The Hall–Kier alpha value is -1.06. The lowest BCUT2D eigenvalue weighted by Gasteiger charge is -2.44. The Morgan fingerprint density at radius 1 is 1.25 bits per heavy atom. The predicted molar refractivity (Wildman–Crippen MR) is 82.2 cm³/mol. The molecule has 0 atom stereocenters. The summed E-state index contributed by atoms with van der Waals surface area (Å²) in [7, 11) is 0. The van der Waals surface area contributed by atoms with Crippen molar-refractivity contribution in [1.29, 1.82) is 0 Å². The fraction of sp³-hybridized carbons (Fsp3) is 0.647. The first kappa shape index (κ1) is 13.9. The largest absolute Gasteiger partial charge is 0.487 e. The zero-order chi connectivity index (χ0) is 14.0. The summed E-state index contributed by atoms with van der Waals surface area (Å²) in [6.45, 7) is 6.38. The number of fused-ring (bicyclic) bond motifs is 1. The van der Waals surface area contributed by atoms with E-state index in [2.05, 4.69) is 30.0 Å². The Kier molecular flexibility index (Phi) is 3.99. The lowest BCUT2D eigenvalue weighted by Crippen LogP contribution is -2.50. The van der Waals surface area contributed by atoms with Crippen molar-refractivity contribution in [1.82, 2.24) is 4.90 Å². The molecule has 3 rings (SSSR count). The molecule has 1 fully saturated rings. The predicted octanol–water partition coefficient (Wildman–Crippen LogP) is 2.50. The van der Waals surface area contributed by atoms with E-state index in [0.29, 0.717) is 0 Å². The number of nitrogens with two attached hydrogens (primary N) is 1. The van der Waals surface area contributed by atoms with Crippen molar-refractivity contribution in [2.45, 2.75) is 44.6 Å². The van der Waals surface area contributed by atoms with E-state index in [4.69, 9.17) is 10.5 Å². The summed E-state index contributed by atoms with van der Waals surface area (Å²) in [4.78, 5) is 2.53. The summed E-state index contributed by atoms with van der Waals surface area (Å²) < 4.78 is 6.44. The molecule has 0 unspecified atom stereocenters. The highest BCUT2D eigenvalue weighted by Gasteiger charge is 2.39. The summed E-state index contributed by atoms with van der Waals surface area (Å²) >= 11 is 0. The fourth-order valence-corrected chi connectivity index (χ4v) is 3.46. The smallest absolute Gasteiger partial charge is 0.123 e. The molecule has 0 aliphatic carbocycles. The zero-order valence-electron chi connectivity index (χ0n) is 12.5. The minimum atomic E-state index is 0.0972. The third-order valence-electron chi connectivity index (χ3n) is 4.84. The summed E-state index contributed by atoms with van der Waals surface area (Å²) in [5, 5.41) is 0.